The molecule has 0 aliphatic heterocycles. The highest BCUT2D eigenvalue weighted by Gasteiger charge is 2.17. The van der Waals surface area contributed by atoms with Crippen molar-refractivity contribution in [3.05, 3.63) is 50.9 Å². The first-order chi connectivity index (χ1) is 11.0. The van der Waals surface area contributed by atoms with E-state index in [1.165, 1.54) is 12.1 Å². The summed E-state index contributed by atoms with van der Waals surface area (Å²) < 4.78 is 14.8. The van der Waals surface area contributed by atoms with Crippen molar-refractivity contribution in [2.75, 3.05) is 5.75 Å². The van der Waals surface area contributed by atoms with E-state index in [1.807, 2.05) is 13.8 Å². The van der Waals surface area contributed by atoms with Crippen LogP contribution in [0.4, 0.5) is 4.39 Å². The zero-order chi connectivity index (χ0) is 16.6. The number of benzene rings is 1. The number of hydrogen-bond acceptors (Lipinski definition) is 4. The van der Waals surface area contributed by atoms with E-state index >= 15 is 0 Å². The van der Waals surface area contributed by atoms with Gasteiger partial charge in [-0.05, 0) is 50.1 Å². The smallest absolute Gasteiger partial charge is 0.267 e. The van der Waals surface area contributed by atoms with Gasteiger partial charge in [-0.25, -0.2) is 9.37 Å². The van der Waals surface area contributed by atoms with Crippen LogP contribution in [-0.4, -0.2) is 15.3 Å². The predicted octanol–water partition coefficient (Wildman–Crippen LogP) is 4.71. The van der Waals surface area contributed by atoms with Crippen molar-refractivity contribution in [1.82, 2.24) is 9.55 Å². The summed E-state index contributed by atoms with van der Waals surface area (Å²) in [7, 11) is 0. The van der Waals surface area contributed by atoms with E-state index in [0.29, 0.717) is 16.2 Å². The first kappa shape index (κ1) is 16.2. The maximum Gasteiger partial charge on any atom is 0.267 e. The fourth-order valence-electron chi connectivity index (χ4n) is 2.38. The second-order valence-corrected chi connectivity index (χ2v) is 7.59. The molecule has 2 heterocycles. The van der Waals surface area contributed by atoms with E-state index in [4.69, 9.17) is 4.98 Å². The molecule has 0 atom stereocenters. The molecule has 0 spiro atoms. The summed E-state index contributed by atoms with van der Waals surface area (Å²) in [5.74, 6) is 0.559. The van der Waals surface area contributed by atoms with E-state index in [0.717, 1.165) is 27.4 Å². The Labute approximate surface area is 142 Å². The maximum absolute atomic E-state index is 13.2. The predicted molar refractivity (Wildman–Crippen MR) is 95.7 cm³/mol. The quantitative estimate of drug-likeness (QED) is 0.506. The van der Waals surface area contributed by atoms with Crippen LogP contribution in [0.25, 0.3) is 15.9 Å². The molecule has 0 bridgehead atoms. The molecule has 0 fully saturated rings. The van der Waals surface area contributed by atoms with Crippen molar-refractivity contribution in [2.45, 2.75) is 32.3 Å². The SMILES string of the molecule is CCCSc1nc2sc(C)c(C)c2c(=O)n1-c1ccc(F)cc1. The average Bonchev–Trinajstić information content (AvgIpc) is 2.81. The molecule has 0 N–H and O–H groups in total. The lowest BCUT2D eigenvalue weighted by Crippen LogP contribution is -2.21. The van der Waals surface area contributed by atoms with Crippen LogP contribution in [0.2, 0.25) is 0 Å². The molecule has 1 aromatic carbocycles. The Morgan fingerprint density at radius 2 is 1.96 bits per heavy atom. The zero-order valence-electron chi connectivity index (χ0n) is 13.2. The van der Waals surface area contributed by atoms with Crippen molar-refractivity contribution in [3.63, 3.8) is 0 Å². The van der Waals surface area contributed by atoms with Crippen molar-refractivity contribution in [1.29, 1.82) is 0 Å². The largest absolute Gasteiger partial charge is 0.268 e. The van der Waals surface area contributed by atoms with Gasteiger partial charge in [-0.15, -0.1) is 11.3 Å². The first-order valence-corrected chi connectivity index (χ1v) is 9.24. The molecule has 3 nitrogen and oxygen atoms in total. The lowest BCUT2D eigenvalue weighted by Gasteiger charge is -2.12. The molecule has 120 valence electrons. The van der Waals surface area contributed by atoms with Crippen LogP contribution in [0.5, 0.6) is 0 Å². The number of hydrogen-bond donors (Lipinski definition) is 0. The fourth-order valence-corrected chi connectivity index (χ4v) is 4.32. The van der Waals surface area contributed by atoms with Gasteiger partial charge in [0.2, 0.25) is 0 Å². The summed E-state index contributed by atoms with van der Waals surface area (Å²) in [4.78, 5) is 19.6. The average molecular weight is 348 g/mol. The van der Waals surface area contributed by atoms with Crippen molar-refractivity contribution >= 4 is 33.3 Å². The van der Waals surface area contributed by atoms with Gasteiger partial charge in [-0.1, -0.05) is 18.7 Å². The van der Waals surface area contributed by atoms with Crippen molar-refractivity contribution in [3.8, 4) is 5.69 Å². The molecule has 3 aromatic rings. The Bertz CT molecular complexity index is 913. The maximum atomic E-state index is 13.2. The molecular formula is C17H17FN2OS2. The number of aromatic nitrogens is 2. The Morgan fingerprint density at radius 1 is 1.26 bits per heavy atom. The molecule has 6 heteroatoms. The molecule has 0 amide bonds. The summed E-state index contributed by atoms with van der Waals surface area (Å²) in [5, 5.41) is 1.33. The van der Waals surface area contributed by atoms with Gasteiger partial charge in [0.05, 0.1) is 11.1 Å². The minimum absolute atomic E-state index is 0.0814. The number of thiophene rings is 1. The van der Waals surface area contributed by atoms with E-state index in [2.05, 4.69) is 6.92 Å². The second-order valence-electron chi connectivity index (χ2n) is 5.32. The number of halogens is 1. The van der Waals surface area contributed by atoms with Gasteiger partial charge in [0.15, 0.2) is 5.16 Å². The zero-order valence-corrected chi connectivity index (χ0v) is 14.9. The molecule has 23 heavy (non-hydrogen) atoms. The van der Waals surface area contributed by atoms with Gasteiger partial charge in [-0.2, -0.15) is 0 Å². The molecule has 3 rings (SSSR count). The highest BCUT2D eigenvalue weighted by atomic mass is 32.2. The minimum atomic E-state index is -0.318. The van der Waals surface area contributed by atoms with E-state index < -0.39 is 0 Å². The Morgan fingerprint density at radius 3 is 2.61 bits per heavy atom. The van der Waals surface area contributed by atoms with Gasteiger partial charge in [0.25, 0.3) is 5.56 Å². The van der Waals surface area contributed by atoms with E-state index in [9.17, 15) is 9.18 Å². The Balaban J connectivity index is 2.31. The topological polar surface area (TPSA) is 34.9 Å². The third-order valence-electron chi connectivity index (χ3n) is 3.69. The van der Waals surface area contributed by atoms with Crippen LogP contribution < -0.4 is 5.56 Å². The number of thioether (sulfide) groups is 1. The van der Waals surface area contributed by atoms with Crippen LogP contribution in [0.3, 0.4) is 0 Å². The summed E-state index contributed by atoms with van der Waals surface area (Å²) in [6.45, 7) is 6.04. The van der Waals surface area contributed by atoms with Crippen LogP contribution in [-0.2, 0) is 0 Å². The van der Waals surface area contributed by atoms with Gasteiger partial charge < -0.3 is 0 Å². The van der Waals surface area contributed by atoms with Gasteiger partial charge in [0, 0.05) is 10.6 Å². The van der Waals surface area contributed by atoms with Crippen LogP contribution in [0.15, 0.2) is 34.2 Å². The highest BCUT2D eigenvalue weighted by Crippen LogP contribution is 2.29. The number of rotatable bonds is 4. The lowest BCUT2D eigenvalue weighted by molar-refractivity contribution is 0.627. The molecule has 0 saturated carbocycles. The summed E-state index contributed by atoms with van der Waals surface area (Å²) >= 11 is 3.10. The third-order valence-corrected chi connectivity index (χ3v) is 5.94. The second kappa shape index (κ2) is 6.45. The van der Waals surface area contributed by atoms with Gasteiger partial charge >= 0.3 is 0 Å². The molecule has 0 saturated heterocycles. The monoisotopic (exact) mass is 348 g/mol. The molecule has 2 aromatic heterocycles. The van der Waals surface area contributed by atoms with E-state index in [-0.39, 0.29) is 11.4 Å². The minimum Gasteiger partial charge on any atom is -0.268 e. The van der Waals surface area contributed by atoms with Crippen molar-refractivity contribution < 1.29 is 4.39 Å². The van der Waals surface area contributed by atoms with Crippen molar-refractivity contribution in [2.24, 2.45) is 0 Å². The number of aryl methyl sites for hydroxylation is 2. The lowest BCUT2D eigenvalue weighted by atomic mass is 10.2. The fraction of sp³-hybridized carbons (Fsp3) is 0.294. The summed E-state index contributed by atoms with van der Waals surface area (Å²) in [6.07, 6.45) is 0.991. The first-order valence-electron chi connectivity index (χ1n) is 7.44. The van der Waals surface area contributed by atoms with E-state index in [1.54, 1.807) is 39.8 Å². The highest BCUT2D eigenvalue weighted by molar-refractivity contribution is 7.99. The van der Waals surface area contributed by atoms with Crippen LogP contribution in [0.1, 0.15) is 23.8 Å². The number of fused-ring (bicyclic) bond motifs is 1. The van der Waals surface area contributed by atoms with Crippen LogP contribution in [0, 0.1) is 19.7 Å². The third kappa shape index (κ3) is 2.93. The molecule has 0 radical (unpaired) electrons. The van der Waals surface area contributed by atoms with Gasteiger partial charge in [0.1, 0.15) is 10.6 Å². The summed E-state index contributed by atoms with van der Waals surface area (Å²) in [5.41, 5.74) is 1.54. The van der Waals surface area contributed by atoms with Crippen LogP contribution >= 0.6 is 23.1 Å². The van der Waals surface area contributed by atoms with Gasteiger partial charge in [-0.3, -0.25) is 9.36 Å². The molecule has 0 aliphatic carbocycles. The number of nitrogens with zero attached hydrogens (tertiary/aromatic N) is 2. The molecule has 0 aliphatic rings. The Hall–Kier alpha value is -1.66. The normalized spacial score (nSPS) is 11.3. The molecule has 0 unspecified atom stereocenters. The Kier molecular flexibility index (Phi) is 4.55. The molecular weight excluding hydrogens is 331 g/mol. The summed E-state index contributed by atoms with van der Waals surface area (Å²) in [6, 6.07) is 5.97. The standard InChI is InChI=1S/C17H17FN2OS2/c1-4-9-22-17-19-15-14(10(2)11(3)23-15)16(21)20(17)13-7-5-12(18)6-8-13/h5-8H,4,9H2,1-3H3.